The Hall–Kier alpha value is -3.36. The summed E-state index contributed by atoms with van der Waals surface area (Å²) in [6, 6.07) is 2.06. The molecule has 0 spiro atoms. The van der Waals surface area contributed by atoms with Gasteiger partial charge in [-0.1, -0.05) is 11.6 Å². The van der Waals surface area contributed by atoms with Crippen molar-refractivity contribution in [3.63, 3.8) is 0 Å². The van der Waals surface area contributed by atoms with Gasteiger partial charge in [-0.25, -0.2) is 19.9 Å². The summed E-state index contributed by atoms with van der Waals surface area (Å²) >= 11 is 6.55. The molecule has 3 aromatic heterocycles. The van der Waals surface area contributed by atoms with Crippen molar-refractivity contribution in [3.05, 3.63) is 57.0 Å². The number of hydrogen-bond donors (Lipinski definition) is 2. The van der Waals surface area contributed by atoms with Crippen molar-refractivity contribution < 1.29 is 22.8 Å². The van der Waals surface area contributed by atoms with Crippen molar-refractivity contribution >= 4 is 46.4 Å². The zero-order valence-electron chi connectivity index (χ0n) is 20.6. The van der Waals surface area contributed by atoms with E-state index in [9.17, 15) is 22.8 Å². The fourth-order valence-corrected chi connectivity index (χ4v) is 4.75. The number of rotatable bonds is 6. The molecule has 0 saturated carbocycles. The summed E-state index contributed by atoms with van der Waals surface area (Å²) in [4.78, 5) is 46.2. The third-order valence-electron chi connectivity index (χ3n) is 6.04. The first-order chi connectivity index (χ1) is 17.9. The number of carbonyl (C=O) groups is 2. The number of aromatic nitrogens is 4. The van der Waals surface area contributed by atoms with E-state index in [1.807, 2.05) is 0 Å². The van der Waals surface area contributed by atoms with Crippen molar-refractivity contribution in [2.75, 3.05) is 36.9 Å². The molecular formula is C23H24ClF3N8O2S. The van der Waals surface area contributed by atoms with Crippen LogP contribution >= 0.6 is 22.9 Å². The molecule has 202 valence electrons. The molecule has 1 saturated heterocycles. The highest BCUT2D eigenvalue weighted by Gasteiger charge is 2.34. The molecular weight excluding hydrogens is 545 g/mol. The van der Waals surface area contributed by atoms with Gasteiger partial charge in [0.1, 0.15) is 33.5 Å². The zero-order chi connectivity index (χ0) is 27.6. The first kappa shape index (κ1) is 27.7. The monoisotopic (exact) mass is 568 g/mol. The minimum atomic E-state index is -4.70. The first-order valence-electron chi connectivity index (χ1n) is 11.5. The summed E-state index contributed by atoms with van der Waals surface area (Å²) in [7, 11) is 2.06. The number of likely N-dealkylation sites (N-methyl/N-ethyl adjacent to an activating group) is 1. The van der Waals surface area contributed by atoms with E-state index in [-0.39, 0.29) is 16.4 Å². The Morgan fingerprint density at radius 2 is 1.89 bits per heavy atom. The van der Waals surface area contributed by atoms with Gasteiger partial charge in [0.15, 0.2) is 0 Å². The maximum atomic E-state index is 13.1. The summed E-state index contributed by atoms with van der Waals surface area (Å²) in [5, 5.41) is 4.96. The normalized spacial score (nSPS) is 17.2. The van der Waals surface area contributed by atoms with Crippen LogP contribution in [0.15, 0.2) is 30.9 Å². The van der Waals surface area contributed by atoms with E-state index in [0.717, 1.165) is 37.2 Å². The molecule has 15 heteroatoms. The molecule has 0 aromatic carbocycles. The van der Waals surface area contributed by atoms with Gasteiger partial charge in [0.25, 0.3) is 11.8 Å². The second kappa shape index (κ2) is 11.2. The highest BCUT2D eigenvalue weighted by atomic mass is 35.5. The molecule has 2 unspecified atom stereocenters. The molecule has 1 aliphatic rings. The summed E-state index contributed by atoms with van der Waals surface area (Å²) < 4.78 is 39.2. The molecule has 1 aliphatic heterocycles. The van der Waals surface area contributed by atoms with Crippen LogP contribution in [-0.2, 0) is 6.18 Å². The van der Waals surface area contributed by atoms with Gasteiger partial charge in [-0.15, -0.1) is 11.3 Å². The average molecular weight is 569 g/mol. The van der Waals surface area contributed by atoms with Gasteiger partial charge >= 0.3 is 6.18 Å². The molecule has 3 aromatic rings. The van der Waals surface area contributed by atoms with Crippen LogP contribution < -0.4 is 15.5 Å². The fraction of sp³-hybridized carbons (Fsp3) is 0.391. The van der Waals surface area contributed by atoms with Crippen LogP contribution in [0.1, 0.15) is 50.6 Å². The molecule has 4 heterocycles. The predicted molar refractivity (Wildman–Crippen MR) is 137 cm³/mol. The van der Waals surface area contributed by atoms with Crippen LogP contribution in [-0.4, -0.2) is 69.4 Å². The van der Waals surface area contributed by atoms with Crippen molar-refractivity contribution in [1.29, 1.82) is 0 Å². The minimum Gasteiger partial charge on any atom is -0.354 e. The van der Waals surface area contributed by atoms with Crippen LogP contribution in [0.3, 0.4) is 0 Å². The van der Waals surface area contributed by atoms with E-state index >= 15 is 0 Å². The molecule has 0 radical (unpaired) electrons. The van der Waals surface area contributed by atoms with Gasteiger partial charge in [-0.05, 0) is 27.0 Å². The van der Waals surface area contributed by atoms with Crippen LogP contribution in [0.4, 0.5) is 24.8 Å². The molecule has 2 N–H and O–H groups in total. The Kier molecular flexibility index (Phi) is 8.13. The number of piperazine rings is 1. The fourth-order valence-electron chi connectivity index (χ4n) is 3.73. The number of amides is 2. The number of anilines is 2. The summed E-state index contributed by atoms with van der Waals surface area (Å²) in [5.74, 6) is -0.778. The lowest BCUT2D eigenvalue weighted by atomic mass is 10.2. The maximum Gasteiger partial charge on any atom is 0.418 e. The molecule has 2 amide bonds. The van der Waals surface area contributed by atoms with Gasteiger partial charge in [0.2, 0.25) is 0 Å². The van der Waals surface area contributed by atoms with Gasteiger partial charge in [-0.3, -0.25) is 9.59 Å². The number of thiazole rings is 1. The highest BCUT2D eigenvalue weighted by molar-refractivity contribution is 7.13. The summed E-state index contributed by atoms with van der Waals surface area (Å²) in [6.45, 7) is 6.25. The molecule has 2 atom stereocenters. The number of carbonyl (C=O) groups excluding carboxylic acids is 2. The van der Waals surface area contributed by atoms with Gasteiger partial charge in [-0.2, -0.15) is 13.2 Å². The van der Waals surface area contributed by atoms with Crippen LogP contribution in [0.5, 0.6) is 0 Å². The van der Waals surface area contributed by atoms with Gasteiger partial charge < -0.3 is 20.4 Å². The van der Waals surface area contributed by atoms with Crippen LogP contribution in [0.2, 0.25) is 5.02 Å². The van der Waals surface area contributed by atoms with Gasteiger partial charge in [0, 0.05) is 37.9 Å². The van der Waals surface area contributed by atoms with E-state index in [1.165, 1.54) is 12.5 Å². The Morgan fingerprint density at radius 3 is 2.61 bits per heavy atom. The second-order valence-corrected chi connectivity index (χ2v) is 10.3. The SMILES string of the molecule is CC(NC(=O)c1cc(N2CCN(C)C(C)C2)ncn1)c1ncc(C(=O)Nc2cc(C(F)(F)F)c(Cl)cn2)s1. The largest absolute Gasteiger partial charge is 0.418 e. The first-order valence-corrected chi connectivity index (χ1v) is 12.7. The zero-order valence-corrected chi connectivity index (χ0v) is 22.2. The number of halogens is 4. The third-order valence-corrected chi connectivity index (χ3v) is 7.52. The lowest BCUT2D eigenvalue weighted by Gasteiger charge is -2.38. The van der Waals surface area contributed by atoms with E-state index in [2.05, 4.69) is 54.3 Å². The summed E-state index contributed by atoms with van der Waals surface area (Å²) in [6.07, 6.45) is -1.26. The van der Waals surface area contributed by atoms with E-state index in [4.69, 9.17) is 11.6 Å². The predicted octanol–water partition coefficient (Wildman–Crippen LogP) is 3.88. The topological polar surface area (TPSA) is 116 Å². The van der Waals surface area contributed by atoms with Crippen molar-refractivity contribution in [2.24, 2.45) is 0 Å². The number of alkyl halides is 3. The average Bonchev–Trinajstić information content (AvgIpc) is 3.37. The molecule has 38 heavy (non-hydrogen) atoms. The number of nitrogens with one attached hydrogen (secondary N) is 2. The molecule has 1 fully saturated rings. The Balaban J connectivity index is 1.39. The number of hydrogen-bond acceptors (Lipinski definition) is 9. The molecule has 10 nitrogen and oxygen atoms in total. The van der Waals surface area contributed by atoms with E-state index < -0.39 is 34.6 Å². The Morgan fingerprint density at radius 1 is 1.13 bits per heavy atom. The number of pyridine rings is 1. The van der Waals surface area contributed by atoms with E-state index in [0.29, 0.717) is 22.9 Å². The standard InChI is InChI=1S/C23H24ClF3N8O2S/c1-12-10-35(5-4-34(12)3)19-7-16(30-11-31-19)20(36)32-13(2)22-29-9-17(38-22)21(37)33-18-6-14(23(25,26)27)15(24)8-28-18/h6-9,11-13H,4-5,10H2,1-3H3,(H,32,36)(H,28,33,37). The Bertz CT molecular complexity index is 1340. The highest BCUT2D eigenvalue weighted by Crippen LogP contribution is 2.35. The van der Waals surface area contributed by atoms with Crippen molar-refractivity contribution in [1.82, 2.24) is 30.2 Å². The van der Waals surface area contributed by atoms with Crippen LogP contribution in [0.25, 0.3) is 0 Å². The minimum absolute atomic E-state index is 0.125. The molecule has 0 bridgehead atoms. The smallest absolute Gasteiger partial charge is 0.354 e. The maximum absolute atomic E-state index is 13.1. The lowest BCUT2D eigenvalue weighted by molar-refractivity contribution is -0.137. The van der Waals surface area contributed by atoms with Crippen molar-refractivity contribution in [3.8, 4) is 0 Å². The third kappa shape index (κ3) is 6.37. The number of nitrogens with zero attached hydrogens (tertiary/aromatic N) is 6. The second-order valence-electron chi connectivity index (χ2n) is 8.80. The van der Waals surface area contributed by atoms with Gasteiger partial charge in [0.05, 0.1) is 22.8 Å². The quantitative estimate of drug-likeness (QED) is 0.460. The van der Waals surface area contributed by atoms with Crippen molar-refractivity contribution in [2.45, 2.75) is 32.1 Å². The lowest BCUT2D eigenvalue weighted by Crippen LogP contribution is -2.50. The van der Waals surface area contributed by atoms with E-state index in [1.54, 1.807) is 13.0 Å². The Labute approximate surface area is 225 Å². The summed E-state index contributed by atoms with van der Waals surface area (Å²) in [5.41, 5.74) is -0.918. The van der Waals surface area contributed by atoms with Crippen LogP contribution in [0, 0.1) is 0 Å². The molecule has 0 aliphatic carbocycles. The molecule has 4 rings (SSSR count).